The molecule has 0 aliphatic rings. The number of anilines is 1. The summed E-state index contributed by atoms with van der Waals surface area (Å²) < 4.78 is 6.76. The highest BCUT2D eigenvalue weighted by Crippen LogP contribution is 2.09. The zero-order valence-electron chi connectivity index (χ0n) is 15.0. The number of ether oxygens (including phenoxy) is 1. The van der Waals surface area contributed by atoms with E-state index in [1.807, 2.05) is 6.92 Å². The minimum Gasteiger partial charge on any atom is -0.460 e. The summed E-state index contributed by atoms with van der Waals surface area (Å²) in [6.45, 7) is 9.66. The molecule has 0 aliphatic carbocycles. The van der Waals surface area contributed by atoms with Crippen LogP contribution in [0.4, 0.5) is 10.5 Å². The van der Waals surface area contributed by atoms with E-state index in [1.165, 1.54) is 6.07 Å². The molecule has 0 aromatic carbocycles. The van der Waals surface area contributed by atoms with E-state index in [4.69, 9.17) is 4.74 Å². The van der Waals surface area contributed by atoms with Crippen molar-refractivity contribution in [3.63, 3.8) is 0 Å². The van der Waals surface area contributed by atoms with Gasteiger partial charge >= 0.3 is 12.0 Å². The molecule has 0 bridgehead atoms. The van der Waals surface area contributed by atoms with Crippen molar-refractivity contribution in [2.24, 2.45) is 0 Å². The normalized spacial score (nSPS) is 12.4. The van der Waals surface area contributed by atoms with Crippen LogP contribution in [0.2, 0.25) is 0 Å². The summed E-state index contributed by atoms with van der Waals surface area (Å²) in [7, 11) is 0. The van der Waals surface area contributed by atoms with Crippen LogP contribution in [0.25, 0.3) is 0 Å². The summed E-state index contributed by atoms with van der Waals surface area (Å²) >= 11 is 0. The van der Waals surface area contributed by atoms with Gasteiger partial charge in [0.1, 0.15) is 5.60 Å². The molecule has 1 rings (SSSR count). The van der Waals surface area contributed by atoms with Gasteiger partial charge in [-0.25, -0.2) is 4.79 Å². The molecule has 7 nitrogen and oxygen atoms in total. The van der Waals surface area contributed by atoms with Crippen LogP contribution in [-0.4, -0.2) is 28.2 Å². The van der Waals surface area contributed by atoms with Crippen LogP contribution in [0.15, 0.2) is 23.1 Å². The van der Waals surface area contributed by atoms with Gasteiger partial charge in [-0.05, 0) is 40.2 Å². The number of aromatic nitrogens is 1. The Hall–Kier alpha value is -2.31. The van der Waals surface area contributed by atoms with E-state index in [0.29, 0.717) is 12.2 Å². The zero-order valence-corrected chi connectivity index (χ0v) is 15.0. The van der Waals surface area contributed by atoms with Gasteiger partial charge in [0, 0.05) is 24.8 Å². The van der Waals surface area contributed by atoms with Gasteiger partial charge < -0.3 is 19.9 Å². The second-order valence-corrected chi connectivity index (χ2v) is 6.74. The molecule has 0 spiro atoms. The minimum absolute atomic E-state index is 0.0834. The van der Waals surface area contributed by atoms with Crippen molar-refractivity contribution in [3.05, 3.63) is 28.7 Å². The third-order valence-electron chi connectivity index (χ3n) is 2.98. The molecule has 1 atom stereocenters. The number of aryl methyl sites for hydroxylation is 1. The van der Waals surface area contributed by atoms with E-state index in [-0.39, 0.29) is 24.0 Å². The highest BCUT2D eigenvalue weighted by molar-refractivity contribution is 5.89. The number of hydrogen-bond acceptors (Lipinski definition) is 4. The number of carbonyl (C=O) groups excluding carboxylic acids is 2. The molecule has 1 heterocycles. The number of rotatable bonds is 6. The summed E-state index contributed by atoms with van der Waals surface area (Å²) in [6.07, 6.45) is 2.51. The second kappa shape index (κ2) is 8.52. The lowest BCUT2D eigenvalue weighted by Crippen LogP contribution is -2.38. The molecular formula is C17H27N3O4. The first-order chi connectivity index (χ1) is 11.1. The van der Waals surface area contributed by atoms with Gasteiger partial charge in [0.15, 0.2) is 0 Å². The SMILES string of the molecule is CCCn1cc(NC(=O)N[C@@H](C)CC(=O)OC(C)(C)C)ccc1=O. The first kappa shape index (κ1) is 19.7. The molecule has 24 heavy (non-hydrogen) atoms. The first-order valence-corrected chi connectivity index (χ1v) is 8.10. The Labute approximate surface area is 142 Å². The summed E-state index contributed by atoms with van der Waals surface area (Å²) in [5.41, 5.74) is -0.141. The van der Waals surface area contributed by atoms with Crippen molar-refractivity contribution in [3.8, 4) is 0 Å². The summed E-state index contributed by atoms with van der Waals surface area (Å²) in [5, 5.41) is 5.33. The molecule has 1 aromatic heterocycles. The maximum absolute atomic E-state index is 12.0. The fourth-order valence-corrected chi connectivity index (χ4v) is 2.10. The second-order valence-electron chi connectivity index (χ2n) is 6.74. The maximum Gasteiger partial charge on any atom is 0.319 e. The molecule has 0 radical (unpaired) electrons. The Balaban J connectivity index is 2.55. The van der Waals surface area contributed by atoms with E-state index in [1.54, 1.807) is 44.5 Å². The lowest BCUT2D eigenvalue weighted by Gasteiger charge is -2.21. The van der Waals surface area contributed by atoms with Gasteiger partial charge in [-0.15, -0.1) is 0 Å². The molecule has 2 amide bonds. The zero-order chi connectivity index (χ0) is 18.3. The van der Waals surface area contributed by atoms with Crippen molar-refractivity contribution in [1.82, 2.24) is 9.88 Å². The average Bonchev–Trinajstić information content (AvgIpc) is 2.40. The lowest BCUT2D eigenvalue weighted by molar-refractivity contribution is -0.155. The topological polar surface area (TPSA) is 89.4 Å². The van der Waals surface area contributed by atoms with Crippen LogP contribution >= 0.6 is 0 Å². The van der Waals surface area contributed by atoms with E-state index in [0.717, 1.165) is 6.42 Å². The predicted molar refractivity (Wildman–Crippen MR) is 93.1 cm³/mol. The Morgan fingerprint density at radius 2 is 1.96 bits per heavy atom. The summed E-state index contributed by atoms with van der Waals surface area (Å²) in [6, 6.07) is 2.15. The monoisotopic (exact) mass is 337 g/mol. The number of urea groups is 1. The van der Waals surface area contributed by atoms with Crippen LogP contribution in [0.3, 0.4) is 0 Å². The van der Waals surface area contributed by atoms with E-state index >= 15 is 0 Å². The lowest BCUT2D eigenvalue weighted by atomic mass is 10.2. The molecule has 7 heteroatoms. The number of nitrogens with zero attached hydrogens (tertiary/aromatic N) is 1. The molecule has 134 valence electrons. The van der Waals surface area contributed by atoms with Crippen molar-refractivity contribution in [1.29, 1.82) is 0 Å². The Kier molecular flexibility index (Phi) is 7.00. The minimum atomic E-state index is -0.550. The molecule has 0 aliphatic heterocycles. The molecule has 0 saturated carbocycles. The molecule has 0 saturated heterocycles. The average molecular weight is 337 g/mol. The molecule has 1 aromatic rings. The third-order valence-corrected chi connectivity index (χ3v) is 2.98. The van der Waals surface area contributed by atoms with Gasteiger partial charge in [0.2, 0.25) is 0 Å². The molecule has 2 N–H and O–H groups in total. The quantitative estimate of drug-likeness (QED) is 0.781. The summed E-state index contributed by atoms with van der Waals surface area (Å²) in [5.74, 6) is -0.369. The van der Waals surface area contributed by atoms with Crippen molar-refractivity contribution in [2.75, 3.05) is 5.32 Å². The number of amides is 2. The van der Waals surface area contributed by atoms with Crippen molar-refractivity contribution >= 4 is 17.7 Å². The Morgan fingerprint density at radius 1 is 1.29 bits per heavy atom. The van der Waals surface area contributed by atoms with Crippen LogP contribution < -0.4 is 16.2 Å². The van der Waals surface area contributed by atoms with Crippen LogP contribution in [0.1, 0.15) is 47.5 Å². The standard InChI is InChI=1S/C17H27N3O4/c1-6-9-20-11-13(7-8-14(20)21)19-16(23)18-12(2)10-15(22)24-17(3,4)5/h7-8,11-12H,6,9-10H2,1-5H3,(H2,18,19,23)/t12-/m0/s1. The van der Waals surface area contributed by atoms with Crippen molar-refractivity contribution in [2.45, 2.75) is 65.6 Å². The predicted octanol–water partition coefficient (Wildman–Crippen LogP) is 2.50. The largest absolute Gasteiger partial charge is 0.460 e. The highest BCUT2D eigenvalue weighted by Gasteiger charge is 2.19. The number of carbonyl (C=O) groups is 2. The number of hydrogen-bond donors (Lipinski definition) is 2. The van der Waals surface area contributed by atoms with Gasteiger partial charge in [-0.2, -0.15) is 0 Å². The number of nitrogens with one attached hydrogen (secondary N) is 2. The first-order valence-electron chi connectivity index (χ1n) is 8.10. The van der Waals surface area contributed by atoms with Crippen LogP contribution in [0, 0.1) is 0 Å². The smallest absolute Gasteiger partial charge is 0.319 e. The van der Waals surface area contributed by atoms with Gasteiger partial charge in [-0.3, -0.25) is 9.59 Å². The van der Waals surface area contributed by atoms with Crippen LogP contribution in [-0.2, 0) is 16.1 Å². The van der Waals surface area contributed by atoms with Gasteiger partial charge in [0.05, 0.1) is 12.1 Å². The maximum atomic E-state index is 12.0. The Morgan fingerprint density at radius 3 is 2.54 bits per heavy atom. The third kappa shape index (κ3) is 7.30. The van der Waals surface area contributed by atoms with E-state index in [9.17, 15) is 14.4 Å². The fraction of sp³-hybridized carbons (Fsp3) is 0.588. The van der Waals surface area contributed by atoms with E-state index < -0.39 is 11.6 Å². The fourth-order valence-electron chi connectivity index (χ4n) is 2.10. The number of pyridine rings is 1. The van der Waals surface area contributed by atoms with Crippen molar-refractivity contribution < 1.29 is 14.3 Å². The van der Waals surface area contributed by atoms with E-state index in [2.05, 4.69) is 10.6 Å². The Bertz CT molecular complexity index is 631. The number of esters is 1. The van der Waals surface area contributed by atoms with Crippen LogP contribution in [0.5, 0.6) is 0 Å². The highest BCUT2D eigenvalue weighted by atomic mass is 16.6. The molecule has 0 unspecified atom stereocenters. The molecular weight excluding hydrogens is 310 g/mol. The summed E-state index contributed by atoms with van der Waals surface area (Å²) in [4.78, 5) is 35.4. The van der Waals surface area contributed by atoms with Gasteiger partial charge in [-0.1, -0.05) is 6.92 Å². The molecule has 0 fully saturated rings. The van der Waals surface area contributed by atoms with Gasteiger partial charge in [0.25, 0.3) is 5.56 Å².